The van der Waals surface area contributed by atoms with Crippen molar-refractivity contribution in [1.82, 2.24) is 0 Å². The maximum atomic E-state index is 9.37. The molecule has 0 amide bonds. The smallest absolute Gasteiger partial charge is 0.00731 e. The van der Waals surface area contributed by atoms with Crippen LogP contribution in [0.15, 0.2) is 0 Å². The van der Waals surface area contributed by atoms with Crippen LogP contribution in [0.5, 0.6) is 0 Å². The van der Waals surface area contributed by atoms with Crippen LogP contribution in [0.2, 0.25) is 0 Å². The molecule has 0 spiro atoms. The van der Waals surface area contributed by atoms with Crippen LogP contribution in [0.4, 0.5) is 0 Å². The van der Waals surface area contributed by atoms with Crippen LogP contribution in [-0.4, -0.2) is 14.5 Å². The summed E-state index contributed by atoms with van der Waals surface area (Å²) in [7, 11) is 0. The first-order chi connectivity index (χ1) is 2.27. The zero-order valence-corrected chi connectivity index (χ0v) is 4.97. The molecule has 0 rings (SSSR count). The topological polar surface area (TPSA) is 40.1 Å². The van der Waals surface area contributed by atoms with Gasteiger partial charge in [0.25, 0.3) is 0 Å². The van der Waals surface area contributed by atoms with E-state index in [0.29, 0.717) is 0 Å². The third kappa shape index (κ3) is 8.83. The first kappa shape index (κ1) is 9.64. The molecule has 0 heterocycles. The quantitative estimate of drug-likeness (QED) is 0.478. The maximum absolute atomic E-state index is 9.37. The van der Waals surface area contributed by atoms with Crippen molar-refractivity contribution in [2.75, 3.05) is 5.75 Å². The van der Waals surface area contributed by atoms with Gasteiger partial charge in [-0.3, -0.25) is 4.21 Å². The van der Waals surface area contributed by atoms with Crippen LogP contribution in [0, 0.1) is 0 Å². The van der Waals surface area contributed by atoms with Crippen LogP contribution < -0.4 is 0 Å². The van der Waals surface area contributed by atoms with Gasteiger partial charge in [0.15, 0.2) is 0 Å². The molecule has 0 saturated heterocycles. The molecule has 2 nitrogen and oxygen atoms in total. The lowest BCUT2D eigenvalue weighted by molar-refractivity contribution is 0.538. The van der Waals surface area contributed by atoms with Crippen LogP contribution in [0.1, 0.15) is 6.92 Å². The Morgan fingerprint density at radius 1 is 1.83 bits per heavy atom. The second kappa shape index (κ2) is 5.40. The summed E-state index contributed by atoms with van der Waals surface area (Å²) >= 11 is -1.82. The van der Waals surface area contributed by atoms with Gasteiger partial charge in [0, 0.05) is 5.75 Å². The van der Waals surface area contributed by atoms with E-state index in [4.69, 9.17) is 0 Å². The van der Waals surface area contributed by atoms with Crippen LogP contribution in [-0.2, 0) is 11.1 Å². The monoisotopic (exact) mass is 129 g/mol. The Kier molecular flexibility index (Phi) is 8.68. The van der Waals surface area contributed by atoms with Gasteiger partial charge in [-0.2, -0.15) is 0 Å². The predicted molar refractivity (Wildman–Crippen MR) is 26.7 cm³/mol. The zero-order chi connectivity index (χ0) is 4.28. The number of halogens is 1. The number of rotatable bonds is 1. The van der Waals surface area contributed by atoms with Crippen molar-refractivity contribution in [3.8, 4) is 0 Å². The Balaban J connectivity index is 0. The fraction of sp³-hybridized carbons (Fsp3) is 1.00. The van der Waals surface area contributed by atoms with E-state index < -0.39 is 11.1 Å². The van der Waals surface area contributed by atoms with E-state index in [2.05, 4.69) is 0 Å². The van der Waals surface area contributed by atoms with E-state index in [1.54, 1.807) is 6.92 Å². The second-order valence-corrected chi connectivity index (χ2v) is 1.78. The Morgan fingerprint density at radius 2 is 2.00 bits per heavy atom. The molecule has 0 fully saturated rings. The highest BCUT2D eigenvalue weighted by Gasteiger charge is 1.62. The molecule has 0 aromatic heterocycles. The summed E-state index contributed by atoms with van der Waals surface area (Å²) in [6.07, 6.45) is 0. The van der Waals surface area contributed by atoms with E-state index in [-0.39, 0.29) is 18.2 Å². The second-order valence-electron chi connectivity index (χ2n) is 0.592. The standard InChI is InChI=1S/C2H6O2S.ClH/c1-2-5(3)4;/h2H2,1H3,(H,3,4);1H/p-1. The highest BCUT2D eigenvalue weighted by Crippen LogP contribution is 1.63. The normalized spacial score (nSPS) is 12.3. The molecule has 1 unspecified atom stereocenters. The fourth-order valence-corrected chi connectivity index (χ4v) is 0. The molecule has 0 N–H and O–H groups in total. The van der Waals surface area contributed by atoms with Gasteiger partial charge in [-0.1, -0.05) is 18.0 Å². The summed E-state index contributed by atoms with van der Waals surface area (Å²) in [5.41, 5.74) is 0. The number of hydrogen-bond acceptors (Lipinski definition) is 2. The highest BCUT2D eigenvalue weighted by molar-refractivity contribution is 7.79. The first-order valence-corrected chi connectivity index (χ1v) is 2.57. The zero-order valence-electron chi connectivity index (χ0n) is 3.34. The van der Waals surface area contributed by atoms with Gasteiger partial charge in [0.2, 0.25) is 0 Å². The molecule has 0 aliphatic carbocycles. The average molecular weight is 130 g/mol. The highest BCUT2D eigenvalue weighted by atomic mass is 35.5. The lowest BCUT2D eigenvalue weighted by Crippen LogP contribution is -1.85. The average Bonchev–Trinajstić information content (AvgIpc) is 1.38. The van der Waals surface area contributed by atoms with E-state index in [1.807, 2.05) is 0 Å². The van der Waals surface area contributed by atoms with Gasteiger partial charge < -0.3 is 4.55 Å². The van der Waals surface area contributed by atoms with Crippen LogP contribution >= 0.6 is 12.4 Å². The largest absolute Gasteiger partial charge is 0.772 e. The molecule has 0 aromatic carbocycles. The van der Waals surface area contributed by atoms with E-state index in [9.17, 15) is 8.76 Å². The molecule has 40 valence electrons. The number of hydrogen-bond donors (Lipinski definition) is 0. The van der Waals surface area contributed by atoms with Gasteiger partial charge >= 0.3 is 0 Å². The molecule has 0 aliphatic rings. The van der Waals surface area contributed by atoms with Crippen molar-refractivity contribution >= 4 is 23.5 Å². The summed E-state index contributed by atoms with van der Waals surface area (Å²) in [5, 5.41) is 0. The molecule has 0 saturated carbocycles. The molecule has 0 aromatic rings. The predicted octanol–water partition coefficient (Wildman–Crippen LogP) is 0.307. The van der Waals surface area contributed by atoms with Crippen molar-refractivity contribution in [3.63, 3.8) is 0 Å². The molecular weight excluding hydrogens is 124 g/mol. The summed E-state index contributed by atoms with van der Waals surface area (Å²) in [6, 6.07) is 0. The maximum Gasteiger partial charge on any atom is 0.00731 e. The van der Waals surface area contributed by atoms with E-state index in [1.165, 1.54) is 0 Å². The Labute approximate surface area is 45.6 Å². The van der Waals surface area contributed by atoms with Crippen molar-refractivity contribution < 1.29 is 8.76 Å². The van der Waals surface area contributed by atoms with Crippen LogP contribution in [0.3, 0.4) is 0 Å². The Hall–Kier alpha value is 0.400. The van der Waals surface area contributed by atoms with Gasteiger partial charge in [-0.25, -0.2) is 0 Å². The van der Waals surface area contributed by atoms with Crippen molar-refractivity contribution in [1.29, 1.82) is 0 Å². The lowest BCUT2D eigenvalue weighted by Gasteiger charge is -1.93. The Bertz CT molecular complexity index is 46.8. The Morgan fingerprint density at radius 3 is 2.00 bits per heavy atom. The van der Waals surface area contributed by atoms with Crippen LogP contribution in [0.25, 0.3) is 0 Å². The van der Waals surface area contributed by atoms with E-state index in [0.717, 1.165) is 0 Å². The molecule has 0 radical (unpaired) electrons. The van der Waals surface area contributed by atoms with Gasteiger partial charge in [0.1, 0.15) is 0 Å². The molecule has 0 aliphatic heterocycles. The lowest BCUT2D eigenvalue weighted by atomic mass is 11.0. The van der Waals surface area contributed by atoms with Gasteiger partial charge in [-0.05, 0) is 0 Å². The van der Waals surface area contributed by atoms with Crippen molar-refractivity contribution in [2.45, 2.75) is 6.92 Å². The molecule has 1 atom stereocenters. The molecule has 0 bridgehead atoms. The molecule has 4 heteroatoms. The third-order valence-electron chi connectivity index (χ3n) is 0.236. The molecule has 6 heavy (non-hydrogen) atoms. The summed E-state index contributed by atoms with van der Waals surface area (Å²) in [5.74, 6) is 0.222. The summed E-state index contributed by atoms with van der Waals surface area (Å²) < 4.78 is 18.7. The minimum atomic E-state index is -1.82. The third-order valence-corrected chi connectivity index (χ3v) is 0.707. The summed E-state index contributed by atoms with van der Waals surface area (Å²) in [6.45, 7) is 1.59. The SMILES string of the molecule is CCS(=O)[O-].Cl. The minimum absolute atomic E-state index is 0. The first-order valence-electron chi connectivity index (χ1n) is 1.33. The van der Waals surface area contributed by atoms with Gasteiger partial charge in [0.05, 0.1) is 0 Å². The van der Waals surface area contributed by atoms with E-state index >= 15 is 0 Å². The fourth-order valence-electron chi connectivity index (χ4n) is 0. The summed E-state index contributed by atoms with van der Waals surface area (Å²) in [4.78, 5) is 0. The minimum Gasteiger partial charge on any atom is -0.772 e. The van der Waals surface area contributed by atoms with Crippen molar-refractivity contribution in [2.24, 2.45) is 0 Å². The van der Waals surface area contributed by atoms with Gasteiger partial charge in [-0.15, -0.1) is 12.4 Å². The van der Waals surface area contributed by atoms with Crippen molar-refractivity contribution in [3.05, 3.63) is 0 Å². The molecular formula is C2H6ClO2S-.